The number of hydrogen-bond acceptors (Lipinski definition) is 4. The Labute approximate surface area is 189 Å². The van der Waals surface area contributed by atoms with Crippen LogP contribution in [0, 0.1) is 12.8 Å². The first-order valence-electron chi connectivity index (χ1n) is 11.0. The largest absolute Gasteiger partial charge is 0.326 e. The van der Waals surface area contributed by atoms with Crippen LogP contribution in [0.5, 0.6) is 0 Å². The van der Waals surface area contributed by atoms with Crippen molar-refractivity contribution < 1.29 is 18.0 Å². The molecule has 1 saturated heterocycles. The predicted octanol–water partition coefficient (Wildman–Crippen LogP) is 3.33. The summed E-state index contributed by atoms with van der Waals surface area (Å²) in [5.41, 5.74) is 3.43. The summed E-state index contributed by atoms with van der Waals surface area (Å²) in [5, 5.41) is 2.92. The topological polar surface area (TPSA) is 86.8 Å². The van der Waals surface area contributed by atoms with Crippen molar-refractivity contribution in [2.75, 3.05) is 29.9 Å². The van der Waals surface area contributed by atoms with Crippen LogP contribution in [0.2, 0.25) is 0 Å². The van der Waals surface area contributed by atoms with Crippen molar-refractivity contribution in [2.24, 2.45) is 5.92 Å². The Morgan fingerprint density at radius 3 is 2.62 bits per heavy atom. The molecule has 2 aliphatic heterocycles. The summed E-state index contributed by atoms with van der Waals surface area (Å²) in [4.78, 5) is 26.6. The van der Waals surface area contributed by atoms with Gasteiger partial charge in [0.25, 0.3) is 0 Å². The normalized spacial score (nSPS) is 19.3. The average molecular weight is 456 g/mol. The van der Waals surface area contributed by atoms with Crippen LogP contribution >= 0.6 is 0 Å². The zero-order chi connectivity index (χ0) is 22.9. The van der Waals surface area contributed by atoms with E-state index in [1.54, 1.807) is 23.1 Å². The van der Waals surface area contributed by atoms with Crippen molar-refractivity contribution in [3.63, 3.8) is 0 Å². The number of fused-ring (bicyclic) bond motifs is 1. The number of carbonyl (C=O) groups is 2. The molecule has 2 heterocycles. The summed E-state index contributed by atoms with van der Waals surface area (Å²) >= 11 is 0. The minimum Gasteiger partial charge on any atom is -0.326 e. The van der Waals surface area contributed by atoms with E-state index in [9.17, 15) is 18.0 Å². The van der Waals surface area contributed by atoms with Gasteiger partial charge >= 0.3 is 0 Å². The molecule has 0 spiro atoms. The maximum Gasteiger partial charge on any atom is 0.243 e. The van der Waals surface area contributed by atoms with Crippen molar-refractivity contribution >= 4 is 33.2 Å². The van der Waals surface area contributed by atoms with E-state index in [0.717, 1.165) is 35.3 Å². The van der Waals surface area contributed by atoms with Crippen molar-refractivity contribution in [3.05, 3.63) is 53.6 Å². The molecule has 0 radical (unpaired) electrons. The first-order valence-corrected chi connectivity index (χ1v) is 12.5. The molecule has 0 bridgehead atoms. The zero-order valence-corrected chi connectivity index (χ0v) is 19.3. The van der Waals surface area contributed by atoms with Crippen LogP contribution in [0.1, 0.15) is 37.3 Å². The summed E-state index contributed by atoms with van der Waals surface area (Å²) in [7, 11) is -3.73. The van der Waals surface area contributed by atoms with Gasteiger partial charge in [-0.1, -0.05) is 12.1 Å². The van der Waals surface area contributed by atoms with Crippen LogP contribution in [0.25, 0.3) is 0 Å². The maximum atomic E-state index is 13.4. The molecule has 2 aliphatic rings. The fourth-order valence-electron chi connectivity index (χ4n) is 4.55. The van der Waals surface area contributed by atoms with Crippen molar-refractivity contribution in [1.82, 2.24) is 4.31 Å². The molecule has 0 aliphatic carbocycles. The minimum atomic E-state index is -3.73. The number of nitrogens with zero attached hydrogens (tertiary/aromatic N) is 2. The highest BCUT2D eigenvalue weighted by Gasteiger charge is 2.34. The summed E-state index contributed by atoms with van der Waals surface area (Å²) in [5.74, 6) is -0.594. The lowest BCUT2D eigenvalue weighted by molar-refractivity contribution is -0.121. The van der Waals surface area contributed by atoms with Gasteiger partial charge in [-0.05, 0) is 74.1 Å². The number of piperidine rings is 1. The van der Waals surface area contributed by atoms with Gasteiger partial charge in [0, 0.05) is 37.9 Å². The Balaban J connectivity index is 1.51. The van der Waals surface area contributed by atoms with E-state index < -0.39 is 15.9 Å². The fraction of sp³-hybridized carbons (Fsp3) is 0.417. The number of rotatable bonds is 4. The molecule has 0 saturated carbocycles. The predicted molar refractivity (Wildman–Crippen MR) is 124 cm³/mol. The van der Waals surface area contributed by atoms with Gasteiger partial charge in [-0.2, -0.15) is 4.31 Å². The molecule has 7 nitrogen and oxygen atoms in total. The molecule has 1 N–H and O–H groups in total. The number of anilines is 2. The Morgan fingerprint density at radius 1 is 1.06 bits per heavy atom. The molecule has 170 valence electrons. The monoisotopic (exact) mass is 455 g/mol. The minimum absolute atomic E-state index is 0.0416. The molecule has 1 fully saturated rings. The van der Waals surface area contributed by atoms with E-state index in [2.05, 4.69) is 5.32 Å². The fourth-order valence-corrected chi connectivity index (χ4v) is 6.13. The van der Waals surface area contributed by atoms with Crippen molar-refractivity contribution in [1.29, 1.82) is 0 Å². The lowest BCUT2D eigenvalue weighted by Crippen LogP contribution is -2.43. The number of hydrogen-bond donors (Lipinski definition) is 1. The van der Waals surface area contributed by atoms with Crippen LogP contribution in [0.3, 0.4) is 0 Å². The second kappa shape index (κ2) is 9.03. The van der Waals surface area contributed by atoms with E-state index in [4.69, 9.17) is 0 Å². The summed E-state index contributed by atoms with van der Waals surface area (Å²) in [6, 6.07) is 12.6. The van der Waals surface area contributed by atoms with E-state index in [0.29, 0.717) is 25.9 Å². The van der Waals surface area contributed by atoms with Gasteiger partial charge < -0.3 is 10.2 Å². The molecule has 2 aromatic rings. The highest BCUT2D eigenvalue weighted by atomic mass is 32.2. The van der Waals surface area contributed by atoms with Crippen LogP contribution < -0.4 is 10.2 Å². The SMILES string of the molecule is CC(=O)N1CCCc2cc(S(=O)(=O)N3CCC[C@H](C(=O)Nc4cccc(C)c4)C3)ccc21. The van der Waals surface area contributed by atoms with Crippen molar-refractivity contribution in [3.8, 4) is 0 Å². The molecule has 0 aromatic heterocycles. The number of amides is 2. The van der Waals surface area contributed by atoms with E-state index in [1.165, 1.54) is 11.2 Å². The average Bonchev–Trinajstić information content (AvgIpc) is 2.78. The van der Waals surface area contributed by atoms with Gasteiger partial charge in [-0.25, -0.2) is 8.42 Å². The zero-order valence-electron chi connectivity index (χ0n) is 18.5. The smallest absolute Gasteiger partial charge is 0.243 e. The molecule has 2 aromatic carbocycles. The summed E-state index contributed by atoms with van der Waals surface area (Å²) < 4.78 is 28.2. The quantitative estimate of drug-likeness (QED) is 0.766. The third kappa shape index (κ3) is 4.56. The van der Waals surface area contributed by atoms with Gasteiger partial charge in [0.2, 0.25) is 21.8 Å². The Kier molecular flexibility index (Phi) is 6.35. The van der Waals surface area contributed by atoms with Gasteiger partial charge in [-0.3, -0.25) is 9.59 Å². The molecule has 32 heavy (non-hydrogen) atoms. The number of sulfonamides is 1. The standard InChI is InChI=1S/C24H29N3O4S/c1-17-6-3-9-21(14-17)25-24(29)20-8-4-12-26(16-20)32(30,31)22-10-11-23-19(15-22)7-5-13-27(23)18(2)28/h3,6,9-11,14-15,20H,4-5,7-8,12-13,16H2,1-2H3,(H,25,29)/t20-/m0/s1. The molecular weight excluding hydrogens is 426 g/mol. The number of nitrogens with one attached hydrogen (secondary N) is 1. The Hall–Kier alpha value is -2.71. The van der Waals surface area contributed by atoms with E-state index in [-0.39, 0.29) is 23.3 Å². The number of aryl methyl sites for hydroxylation is 2. The second-order valence-corrected chi connectivity index (χ2v) is 10.6. The molecule has 4 rings (SSSR count). The third-order valence-corrected chi connectivity index (χ3v) is 8.09. The Bertz CT molecular complexity index is 1150. The van der Waals surface area contributed by atoms with E-state index >= 15 is 0 Å². The molecule has 0 unspecified atom stereocenters. The van der Waals surface area contributed by atoms with Gasteiger partial charge in [0.15, 0.2) is 0 Å². The highest BCUT2D eigenvalue weighted by molar-refractivity contribution is 7.89. The van der Waals surface area contributed by atoms with E-state index in [1.807, 2.05) is 31.2 Å². The maximum absolute atomic E-state index is 13.4. The second-order valence-electron chi connectivity index (χ2n) is 8.63. The van der Waals surface area contributed by atoms with Crippen LogP contribution in [0.15, 0.2) is 47.4 Å². The van der Waals surface area contributed by atoms with Crippen LogP contribution in [-0.2, 0) is 26.0 Å². The number of benzene rings is 2. The molecule has 8 heteroatoms. The van der Waals surface area contributed by atoms with Crippen LogP contribution in [0.4, 0.5) is 11.4 Å². The number of carbonyl (C=O) groups excluding carboxylic acids is 2. The highest BCUT2D eigenvalue weighted by Crippen LogP contribution is 2.32. The van der Waals surface area contributed by atoms with Gasteiger partial charge in [0.1, 0.15) is 0 Å². The molecular formula is C24H29N3O4S. The molecule has 1 atom stereocenters. The Morgan fingerprint density at radius 2 is 1.88 bits per heavy atom. The summed E-state index contributed by atoms with van der Waals surface area (Å²) in [6.07, 6.45) is 2.83. The molecule has 2 amide bonds. The van der Waals surface area contributed by atoms with Gasteiger partial charge in [-0.15, -0.1) is 0 Å². The lowest BCUT2D eigenvalue weighted by Gasteiger charge is -2.32. The van der Waals surface area contributed by atoms with Crippen LogP contribution in [-0.4, -0.2) is 44.2 Å². The first-order chi connectivity index (χ1) is 15.3. The van der Waals surface area contributed by atoms with Gasteiger partial charge in [0.05, 0.1) is 10.8 Å². The summed E-state index contributed by atoms with van der Waals surface area (Å²) in [6.45, 7) is 4.69. The lowest BCUT2D eigenvalue weighted by atomic mass is 9.98. The first kappa shape index (κ1) is 22.5. The van der Waals surface area contributed by atoms with Crippen molar-refractivity contribution in [2.45, 2.75) is 44.4 Å². The third-order valence-electron chi connectivity index (χ3n) is 6.23.